The van der Waals surface area contributed by atoms with E-state index >= 15 is 0 Å². The molecule has 0 radical (unpaired) electrons. The van der Waals surface area contributed by atoms with Gasteiger partial charge in [-0.15, -0.1) is 0 Å². The van der Waals surface area contributed by atoms with Crippen LogP contribution in [0.4, 0.5) is 10.1 Å². The Bertz CT molecular complexity index is 1260. The molecule has 11 heteroatoms. The van der Waals surface area contributed by atoms with Gasteiger partial charge in [-0.2, -0.15) is 0 Å². The summed E-state index contributed by atoms with van der Waals surface area (Å²) in [7, 11) is 3.36. The van der Waals surface area contributed by atoms with Crippen molar-refractivity contribution in [2.75, 3.05) is 38.8 Å². The first-order valence-corrected chi connectivity index (χ1v) is 11.9. The number of rotatable bonds is 1. The lowest BCUT2D eigenvalue weighted by Crippen LogP contribution is -2.39. The fourth-order valence-corrected chi connectivity index (χ4v) is 4.48. The van der Waals surface area contributed by atoms with Gasteiger partial charge < -0.3 is 25.0 Å². The van der Waals surface area contributed by atoms with Crippen molar-refractivity contribution >= 4 is 17.5 Å². The highest BCUT2D eigenvalue weighted by molar-refractivity contribution is 5.94. The lowest BCUT2D eigenvalue weighted by molar-refractivity contribution is -0.128. The van der Waals surface area contributed by atoms with Crippen molar-refractivity contribution in [3.05, 3.63) is 63.6 Å². The van der Waals surface area contributed by atoms with Gasteiger partial charge in [-0.05, 0) is 36.6 Å². The van der Waals surface area contributed by atoms with Gasteiger partial charge in [0.15, 0.2) is 5.69 Å². The van der Waals surface area contributed by atoms with Crippen LogP contribution in [0, 0.1) is 5.82 Å². The minimum Gasteiger partial charge on any atom is -0.501 e. The zero-order chi connectivity index (χ0) is 26.0. The number of amides is 2. The number of halogens is 1. The van der Waals surface area contributed by atoms with Crippen molar-refractivity contribution in [1.82, 2.24) is 19.8 Å². The molecule has 2 N–H and O–H groups in total. The molecule has 0 saturated heterocycles. The number of fused-ring (bicyclic) bond motifs is 2. The second-order valence-electron chi connectivity index (χ2n) is 8.98. The van der Waals surface area contributed by atoms with E-state index in [1.807, 2.05) is 11.8 Å². The maximum absolute atomic E-state index is 14.0. The molecule has 0 saturated carbocycles. The quantitative estimate of drug-likeness (QED) is 0.616. The highest BCUT2D eigenvalue weighted by atomic mass is 19.1. The zero-order valence-electron chi connectivity index (χ0n) is 20.5. The maximum atomic E-state index is 14.0. The highest BCUT2D eigenvalue weighted by Gasteiger charge is 2.34. The molecule has 3 heterocycles. The molecule has 4 rings (SSSR count). The Hall–Kier alpha value is -3.73. The molecule has 2 atom stereocenters. The molecule has 2 aliphatic rings. The van der Waals surface area contributed by atoms with E-state index in [1.54, 1.807) is 26.2 Å². The van der Waals surface area contributed by atoms with Gasteiger partial charge in [-0.25, -0.2) is 9.37 Å². The summed E-state index contributed by atoms with van der Waals surface area (Å²) in [6.07, 6.45) is 4.20. The van der Waals surface area contributed by atoms with E-state index in [9.17, 15) is 23.9 Å². The number of hydrogen-bond donors (Lipinski definition) is 2. The van der Waals surface area contributed by atoms with Crippen molar-refractivity contribution in [3.8, 4) is 5.75 Å². The molecule has 0 fully saturated rings. The Kier molecular flexibility index (Phi) is 7.39. The lowest BCUT2D eigenvalue weighted by atomic mass is 10.1. The van der Waals surface area contributed by atoms with Crippen molar-refractivity contribution in [3.63, 3.8) is 0 Å². The first kappa shape index (κ1) is 25.4. The second kappa shape index (κ2) is 10.5. The maximum Gasteiger partial charge on any atom is 0.296 e. The third-order valence-electron chi connectivity index (χ3n) is 6.66. The Labute approximate surface area is 208 Å². The van der Waals surface area contributed by atoms with Crippen LogP contribution >= 0.6 is 0 Å². The van der Waals surface area contributed by atoms with Gasteiger partial charge in [0.25, 0.3) is 11.5 Å². The van der Waals surface area contributed by atoms with Gasteiger partial charge in [0.05, 0.1) is 19.3 Å². The van der Waals surface area contributed by atoms with Crippen molar-refractivity contribution in [2.45, 2.75) is 38.4 Å². The molecule has 1 aromatic heterocycles. The largest absolute Gasteiger partial charge is 0.501 e. The van der Waals surface area contributed by atoms with E-state index in [2.05, 4.69) is 10.3 Å². The van der Waals surface area contributed by atoms with Gasteiger partial charge in [0.1, 0.15) is 17.7 Å². The molecule has 2 aliphatic heterocycles. The number of hydrogen-bond acceptors (Lipinski definition) is 7. The van der Waals surface area contributed by atoms with E-state index in [0.717, 1.165) is 0 Å². The van der Waals surface area contributed by atoms with Gasteiger partial charge in [0.2, 0.25) is 11.7 Å². The van der Waals surface area contributed by atoms with Gasteiger partial charge in [-0.1, -0.05) is 19.1 Å². The van der Waals surface area contributed by atoms with Crippen LogP contribution < -0.4 is 15.8 Å². The summed E-state index contributed by atoms with van der Waals surface area (Å²) >= 11 is 0. The predicted molar refractivity (Wildman–Crippen MR) is 130 cm³/mol. The second-order valence-corrected chi connectivity index (χ2v) is 8.98. The predicted octanol–water partition coefficient (Wildman–Crippen LogP) is 1.89. The number of benzene rings is 1. The molecule has 1 unspecified atom stereocenters. The van der Waals surface area contributed by atoms with Crippen molar-refractivity contribution in [1.29, 1.82) is 0 Å². The minimum atomic E-state index is -0.776. The van der Waals surface area contributed by atoms with Crippen LogP contribution in [0.25, 0.3) is 0 Å². The molecule has 2 bridgehead atoms. The lowest BCUT2D eigenvalue weighted by Gasteiger charge is -2.28. The monoisotopic (exact) mass is 499 g/mol. The van der Waals surface area contributed by atoms with Gasteiger partial charge in [-0.3, -0.25) is 19.0 Å². The number of carbonyl (C=O) groups is 2. The summed E-state index contributed by atoms with van der Waals surface area (Å²) in [5.41, 5.74) is 0.00423. The molecule has 36 heavy (non-hydrogen) atoms. The molecule has 10 nitrogen and oxygen atoms in total. The van der Waals surface area contributed by atoms with Gasteiger partial charge in [0, 0.05) is 32.9 Å². The SMILES string of the molecule is CCC1COC[C@@H]2c3nc(c(O)c(=O)n31)C(=O)NCc1ccc(F)cc1N(C)CC/C=C/C(=O)N2C. The van der Waals surface area contributed by atoms with Crippen LogP contribution in [0.5, 0.6) is 5.75 Å². The number of likely N-dealkylation sites (N-methyl/N-ethyl adjacent to an activating group) is 1. The number of carbonyl (C=O) groups excluding carboxylic acids is 2. The average Bonchev–Trinajstić information content (AvgIpc) is 3.05. The van der Waals surface area contributed by atoms with Crippen LogP contribution in [-0.2, 0) is 16.1 Å². The minimum absolute atomic E-state index is 0.0245. The van der Waals surface area contributed by atoms with E-state index in [1.165, 1.54) is 27.7 Å². The van der Waals surface area contributed by atoms with E-state index in [4.69, 9.17) is 4.74 Å². The van der Waals surface area contributed by atoms with Crippen LogP contribution in [-0.4, -0.2) is 65.2 Å². The fourth-order valence-electron chi connectivity index (χ4n) is 4.48. The number of aromatic nitrogens is 2. The molecule has 0 aliphatic carbocycles. The Morgan fingerprint density at radius 2 is 2.00 bits per heavy atom. The number of aromatic hydroxyl groups is 1. The topological polar surface area (TPSA) is 117 Å². The molecule has 2 amide bonds. The van der Waals surface area contributed by atoms with E-state index in [-0.39, 0.29) is 31.5 Å². The molecule has 0 spiro atoms. The molecule has 192 valence electrons. The third-order valence-corrected chi connectivity index (χ3v) is 6.66. The van der Waals surface area contributed by atoms with Crippen LogP contribution in [0.1, 0.15) is 53.7 Å². The summed E-state index contributed by atoms with van der Waals surface area (Å²) < 4.78 is 21.1. The average molecular weight is 500 g/mol. The number of nitrogens with zero attached hydrogens (tertiary/aromatic N) is 4. The number of anilines is 1. The fraction of sp³-hybridized carbons (Fsp3) is 0.440. The smallest absolute Gasteiger partial charge is 0.296 e. The summed E-state index contributed by atoms with van der Waals surface area (Å²) in [6.45, 7) is 2.67. The number of ether oxygens (including phenoxy) is 1. The summed E-state index contributed by atoms with van der Waals surface area (Å²) in [5.74, 6) is -2.12. The zero-order valence-corrected chi connectivity index (χ0v) is 20.5. The van der Waals surface area contributed by atoms with Crippen molar-refractivity contribution in [2.24, 2.45) is 0 Å². The Morgan fingerprint density at radius 3 is 2.75 bits per heavy atom. The van der Waals surface area contributed by atoms with E-state index < -0.39 is 40.8 Å². The van der Waals surface area contributed by atoms with E-state index in [0.29, 0.717) is 30.6 Å². The molecular formula is C25H30FN5O5. The van der Waals surface area contributed by atoms with Crippen LogP contribution in [0.2, 0.25) is 0 Å². The first-order valence-electron chi connectivity index (χ1n) is 11.9. The van der Waals surface area contributed by atoms with Crippen LogP contribution in [0.3, 0.4) is 0 Å². The molecular weight excluding hydrogens is 469 g/mol. The highest BCUT2D eigenvalue weighted by Crippen LogP contribution is 2.28. The standard InChI is InChI=1S/C25H30FN5O5/c1-4-17-13-36-14-19-23-28-21(22(33)25(35)31(17)23)24(34)27-12-15-8-9-16(26)11-18(15)29(2)10-6-5-7-20(32)30(19)3/h5,7-9,11,17,19,33H,4,6,10,12-14H2,1-3H3,(H,27,34)/b7-5+/t17?,19-/m1/s1. The van der Waals surface area contributed by atoms with Gasteiger partial charge >= 0.3 is 0 Å². The number of nitrogens with one attached hydrogen (secondary N) is 1. The summed E-state index contributed by atoms with van der Waals surface area (Å²) in [6, 6.07) is 3.06. The summed E-state index contributed by atoms with van der Waals surface area (Å²) in [4.78, 5) is 47.0. The molecule has 2 aromatic rings. The van der Waals surface area contributed by atoms with Crippen LogP contribution in [0.15, 0.2) is 35.1 Å². The Balaban J connectivity index is 1.85. The molecule has 1 aromatic carbocycles. The Morgan fingerprint density at radius 1 is 1.22 bits per heavy atom. The summed E-state index contributed by atoms with van der Waals surface area (Å²) in [5, 5.41) is 13.4. The third kappa shape index (κ3) is 4.83. The normalized spacial score (nSPS) is 22.0. The van der Waals surface area contributed by atoms with Crippen molar-refractivity contribution < 1.29 is 23.8 Å². The first-order chi connectivity index (χ1) is 17.2.